The van der Waals surface area contributed by atoms with E-state index in [4.69, 9.17) is 21.1 Å². The minimum absolute atomic E-state index is 0.0599. The summed E-state index contributed by atoms with van der Waals surface area (Å²) in [5.74, 6) is 0.125. The molecule has 2 aromatic carbocycles. The van der Waals surface area contributed by atoms with Crippen molar-refractivity contribution in [2.45, 2.75) is 44.9 Å². The molecule has 0 bridgehead atoms. The van der Waals surface area contributed by atoms with Gasteiger partial charge in [0.1, 0.15) is 18.0 Å². The third-order valence-corrected chi connectivity index (χ3v) is 6.26. The molecule has 2 aliphatic rings. The SMILES string of the molecule is CCOC(=O)Cc1ccc(N2C(=O)CC(N(C)NC=C3CCC(c4cccc(Cl)c4)O3)NC2=O)cc1. The number of benzene rings is 2. The van der Waals surface area contributed by atoms with E-state index < -0.39 is 12.2 Å². The molecule has 0 aromatic heterocycles. The first-order chi connectivity index (χ1) is 17.3. The molecule has 0 aliphatic carbocycles. The number of hydrogen-bond donors (Lipinski definition) is 2. The van der Waals surface area contributed by atoms with Crippen molar-refractivity contribution in [1.82, 2.24) is 15.8 Å². The predicted octanol–water partition coefficient (Wildman–Crippen LogP) is 4.05. The van der Waals surface area contributed by atoms with Gasteiger partial charge in [0, 0.05) is 18.5 Å². The van der Waals surface area contributed by atoms with Crippen molar-refractivity contribution in [2.75, 3.05) is 18.6 Å². The van der Waals surface area contributed by atoms with Gasteiger partial charge in [-0.25, -0.2) is 14.7 Å². The average Bonchev–Trinajstić information content (AvgIpc) is 3.32. The first-order valence-corrected chi connectivity index (χ1v) is 12.2. The zero-order valence-corrected chi connectivity index (χ0v) is 21.0. The Morgan fingerprint density at radius 3 is 2.75 bits per heavy atom. The summed E-state index contributed by atoms with van der Waals surface area (Å²) in [5, 5.41) is 5.18. The summed E-state index contributed by atoms with van der Waals surface area (Å²) in [6, 6.07) is 13.8. The molecule has 3 amide bonds. The number of amides is 3. The number of nitrogens with zero attached hydrogens (tertiary/aromatic N) is 2. The Kier molecular flexibility index (Phi) is 8.12. The second kappa shape index (κ2) is 11.5. The van der Waals surface area contributed by atoms with Crippen LogP contribution in [-0.4, -0.2) is 42.7 Å². The standard InChI is InChI=1S/C26H29ClN4O5/c1-3-35-25(33)13-17-7-9-20(10-8-17)31-24(32)15-23(29-26(31)34)30(2)28-16-21-11-12-22(36-21)18-5-4-6-19(27)14-18/h4-10,14,16,22-23,28H,3,11-13,15H2,1-2H3,(H,29,34). The van der Waals surface area contributed by atoms with Gasteiger partial charge in [0.15, 0.2) is 0 Å². The maximum Gasteiger partial charge on any atom is 0.330 e. The molecule has 2 unspecified atom stereocenters. The number of ether oxygens (including phenoxy) is 2. The van der Waals surface area contributed by atoms with E-state index in [1.807, 2.05) is 24.3 Å². The molecule has 2 fully saturated rings. The second-order valence-corrected chi connectivity index (χ2v) is 9.03. The largest absolute Gasteiger partial charge is 0.489 e. The molecule has 2 atom stereocenters. The van der Waals surface area contributed by atoms with E-state index in [1.54, 1.807) is 49.4 Å². The van der Waals surface area contributed by atoms with Gasteiger partial charge in [0.05, 0.1) is 31.3 Å². The van der Waals surface area contributed by atoms with E-state index in [0.29, 0.717) is 17.3 Å². The number of urea groups is 1. The Morgan fingerprint density at radius 1 is 1.28 bits per heavy atom. The molecule has 36 heavy (non-hydrogen) atoms. The zero-order chi connectivity index (χ0) is 25.7. The summed E-state index contributed by atoms with van der Waals surface area (Å²) in [6.45, 7) is 2.07. The lowest BCUT2D eigenvalue weighted by molar-refractivity contribution is -0.142. The van der Waals surface area contributed by atoms with Crippen LogP contribution in [0.15, 0.2) is 60.5 Å². The number of halogens is 1. The summed E-state index contributed by atoms with van der Waals surface area (Å²) in [5.41, 5.74) is 5.30. The Balaban J connectivity index is 1.31. The second-order valence-electron chi connectivity index (χ2n) is 8.60. The molecule has 2 aliphatic heterocycles. The third kappa shape index (κ3) is 6.16. The molecule has 2 saturated heterocycles. The monoisotopic (exact) mass is 512 g/mol. The number of hydrazine groups is 1. The molecule has 0 radical (unpaired) electrons. The normalized spacial score (nSPS) is 20.9. The molecule has 10 heteroatoms. The summed E-state index contributed by atoms with van der Waals surface area (Å²) >= 11 is 6.09. The Labute approximate surface area is 215 Å². The maximum atomic E-state index is 12.8. The van der Waals surface area contributed by atoms with Crippen LogP contribution in [0, 0.1) is 0 Å². The van der Waals surface area contributed by atoms with E-state index in [9.17, 15) is 14.4 Å². The van der Waals surface area contributed by atoms with Gasteiger partial charge in [-0.3, -0.25) is 9.59 Å². The van der Waals surface area contributed by atoms with Gasteiger partial charge in [-0.15, -0.1) is 0 Å². The highest BCUT2D eigenvalue weighted by Crippen LogP contribution is 2.35. The number of anilines is 1. The van der Waals surface area contributed by atoms with Crippen LogP contribution in [0.5, 0.6) is 0 Å². The molecule has 0 saturated carbocycles. The Bertz CT molecular complexity index is 1140. The van der Waals surface area contributed by atoms with Crippen LogP contribution >= 0.6 is 11.6 Å². The minimum atomic E-state index is -0.536. The Hall–Kier alpha value is -3.56. The molecule has 2 N–H and O–H groups in total. The summed E-state index contributed by atoms with van der Waals surface area (Å²) in [7, 11) is 1.75. The van der Waals surface area contributed by atoms with Gasteiger partial charge in [0.2, 0.25) is 5.91 Å². The molecule has 9 nitrogen and oxygen atoms in total. The van der Waals surface area contributed by atoms with Crippen molar-refractivity contribution in [3.8, 4) is 0 Å². The van der Waals surface area contributed by atoms with Crippen LogP contribution in [0.25, 0.3) is 0 Å². The van der Waals surface area contributed by atoms with Crippen LogP contribution in [0.1, 0.15) is 43.4 Å². The van der Waals surface area contributed by atoms with Crippen molar-refractivity contribution >= 4 is 35.2 Å². The lowest BCUT2D eigenvalue weighted by Gasteiger charge is -2.35. The van der Waals surface area contributed by atoms with Crippen molar-refractivity contribution in [2.24, 2.45) is 0 Å². The predicted molar refractivity (Wildman–Crippen MR) is 135 cm³/mol. The van der Waals surface area contributed by atoms with Crippen LogP contribution in [-0.2, 0) is 25.5 Å². The molecular weight excluding hydrogens is 484 g/mol. The van der Waals surface area contributed by atoms with Crippen molar-refractivity contribution in [3.05, 3.63) is 76.6 Å². The van der Waals surface area contributed by atoms with E-state index in [1.165, 1.54) is 0 Å². The van der Waals surface area contributed by atoms with Crippen LogP contribution in [0.2, 0.25) is 5.02 Å². The number of carbonyl (C=O) groups excluding carboxylic acids is 3. The molecule has 190 valence electrons. The van der Waals surface area contributed by atoms with Gasteiger partial charge in [0.25, 0.3) is 0 Å². The van der Waals surface area contributed by atoms with Crippen molar-refractivity contribution in [1.29, 1.82) is 0 Å². The van der Waals surface area contributed by atoms with Crippen LogP contribution in [0.4, 0.5) is 10.5 Å². The third-order valence-electron chi connectivity index (χ3n) is 6.02. The van der Waals surface area contributed by atoms with Gasteiger partial charge in [-0.1, -0.05) is 35.9 Å². The van der Waals surface area contributed by atoms with Crippen LogP contribution in [0.3, 0.4) is 0 Å². The smallest absolute Gasteiger partial charge is 0.330 e. The number of esters is 1. The first-order valence-electron chi connectivity index (χ1n) is 11.8. The quantitative estimate of drug-likeness (QED) is 0.406. The van der Waals surface area contributed by atoms with E-state index in [0.717, 1.165) is 34.6 Å². The van der Waals surface area contributed by atoms with Gasteiger partial charge < -0.3 is 20.2 Å². The van der Waals surface area contributed by atoms with Crippen molar-refractivity contribution < 1.29 is 23.9 Å². The molecule has 0 spiro atoms. The highest BCUT2D eigenvalue weighted by atomic mass is 35.5. The fourth-order valence-electron chi connectivity index (χ4n) is 4.15. The van der Waals surface area contributed by atoms with Gasteiger partial charge >= 0.3 is 12.0 Å². The topological polar surface area (TPSA) is 100 Å². The number of carbonyl (C=O) groups is 3. The number of hydrogen-bond acceptors (Lipinski definition) is 7. The Morgan fingerprint density at radius 2 is 2.06 bits per heavy atom. The molecule has 2 heterocycles. The summed E-state index contributed by atoms with van der Waals surface area (Å²) in [6.07, 6.45) is 2.95. The maximum absolute atomic E-state index is 12.8. The fourth-order valence-corrected chi connectivity index (χ4v) is 4.35. The average molecular weight is 513 g/mol. The summed E-state index contributed by atoms with van der Waals surface area (Å²) < 4.78 is 11.0. The van der Waals surface area contributed by atoms with Gasteiger partial charge in [-0.2, -0.15) is 0 Å². The van der Waals surface area contributed by atoms with E-state index >= 15 is 0 Å². The first kappa shape index (κ1) is 25.5. The molecule has 4 rings (SSSR count). The van der Waals surface area contributed by atoms with E-state index in [2.05, 4.69) is 10.7 Å². The lowest BCUT2D eigenvalue weighted by Crippen LogP contribution is -2.61. The highest BCUT2D eigenvalue weighted by Gasteiger charge is 2.35. The number of allylic oxidation sites excluding steroid dienone is 1. The highest BCUT2D eigenvalue weighted by molar-refractivity contribution is 6.30. The number of imide groups is 1. The van der Waals surface area contributed by atoms with E-state index in [-0.39, 0.29) is 30.8 Å². The van der Waals surface area contributed by atoms with Crippen molar-refractivity contribution in [3.63, 3.8) is 0 Å². The summed E-state index contributed by atoms with van der Waals surface area (Å²) in [4.78, 5) is 38.4. The lowest BCUT2D eigenvalue weighted by atomic mass is 10.1. The fraction of sp³-hybridized carbons (Fsp3) is 0.346. The van der Waals surface area contributed by atoms with Crippen LogP contribution < -0.4 is 15.6 Å². The molecule has 2 aromatic rings. The minimum Gasteiger partial charge on any atom is -0.489 e. The number of nitrogens with one attached hydrogen (secondary N) is 2. The van der Waals surface area contributed by atoms with Gasteiger partial charge in [-0.05, 0) is 48.7 Å². The number of rotatable bonds is 8. The molecular formula is C26H29ClN4O5. The zero-order valence-electron chi connectivity index (χ0n) is 20.2.